The fourth-order valence-corrected chi connectivity index (χ4v) is 3.67. The number of benzene rings is 2. The number of pyridine rings is 1. The number of hydrogen-bond donors (Lipinski definition) is 1. The minimum atomic E-state index is -0.375. The monoisotopic (exact) mass is 388 g/mol. The molecule has 2 heterocycles. The second kappa shape index (κ2) is 6.77. The van der Waals surface area contributed by atoms with E-state index in [2.05, 4.69) is 27.4 Å². The molecule has 0 bridgehead atoms. The molecule has 0 atom stereocenters. The summed E-state index contributed by atoms with van der Waals surface area (Å²) in [5.74, 6) is 1.08. The van der Waals surface area contributed by atoms with Gasteiger partial charge in [0.2, 0.25) is 0 Å². The van der Waals surface area contributed by atoms with Crippen LogP contribution in [-0.2, 0) is 0 Å². The van der Waals surface area contributed by atoms with Crippen molar-refractivity contribution < 1.29 is 0 Å². The van der Waals surface area contributed by atoms with Gasteiger partial charge in [0.15, 0.2) is 0 Å². The van der Waals surface area contributed by atoms with Crippen molar-refractivity contribution in [3.05, 3.63) is 88.1 Å². The molecule has 0 saturated heterocycles. The Labute approximate surface area is 166 Å². The number of nitrogens with zero attached hydrogens (tertiary/aromatic N) is 3. The van der Waals surface area contributed by atoms with Crippen LogP contribution in [0.3, 0.4) is 0 Å². The van der Waals surface area contributed by atoms with Crippen molar-refractivity contribution in [2.45, 2.75) is 18.8 Å². The van der Waals surface area contributed by atoms with Crippen LogP contribution in [0.4, 0.5) is 11.5 Å². The second-order valence-corrected chi connectivity index (χ2v) is 7.35. The first-order chi connectivity index (χ1) is 13.7. The van der Waals surface area contributed by atoms with Crippen molar-refractivity contribution in [1.29, 1.82) is 0 Å². The van der Waals surface area contributed by atoms with E-state index in [0.717, 1.165) is 16.6 Å². The summed E-state index contributed by atoms with van der Waals surface area (Å²) in [7, 11) is 0. The summed E-state index contributed by atoms with van der Waals surface area (Å²) in [6.45, 7) is 0. The molecule has 0 spiro atoms. The zero-order valence-corrected chi connectivity index (χ0v) is 15.7. The molecular weight excluding hydrogens is 372 g/mol. The predicted molar refractivity (Wildman–Crippen MR) is 112 cm³/mol. The second-order valence-electron chi connectivity index (χ2n) is 6.95. The Morgan fingerprint density at radius 1 is 1.07 bits per heavy atom. The van der Waals surface area contributed by atoms with Gasteiger partial charge in [-0.25, -0.2) is 4.79 Å². The number of aromatic nitrogens is 3. The lowest BCUT2D eigenvalue weighted by Crippen LogP contribution is -2.23. The fourth-order valence-electron chi connectivity index (χ4n) is 3.45. The molecule has 1 N–H and O–H groups in total. The van der Waals surface area contributed by atoms with Crippen LogP contribution in [0.15, 0.2) is 71.8 Å². The van der Waals surface area contributed by atoms with E-state index in [1.54, 1.807) is 23.0 Å². The van der Waals surface area contributed by atoms with Gasteiger partial charge in [0.25, 0.3) is 0 Å². The number of fused-ring (bicyclic) bond motifs is 1. The molecular formula is C22H17ClN4O. The first kappa shape index (κ1) is 17.0. The quantitative estimate of drug-likeness (QED) is 0.531. The summed E-state index contributed by atoms with van der Waals surface area (Å²) in [5, 5.41) is 4.59. The van der Waals surface area contributed by atoms with E-state index in [4.69, 9.17) is 11.6 Å². The zero-order valence-electron chi connectivity index (χ0n) is 15.0. The van der Waals surface area contributed by atoms with Crippen molar-refractivity contribution in [3.63, 3.8) is 0 Å². The van der Waals surface area contributed by atoms with Crippen LogP contribution in [0.5, 0.6) is 0 Å². The van der Waals surface area contributed by atoms with Gasteiger partial charge in [-0.05, 0) is 60.7 Å². The average molecular weight is 389 g/mol. The van der Waals surface area contributed by atoms with Crippen LogP contribution in [-0.4, -0.2) is 14.5 Å². The lowest BCUT2D eigenvalue weighted by molar-refractivity contribution is 0.959. The van der Waals surface area contributed by atoms with E-state index in [9.17, 15) is 4.79 Å². The Morgan fingerprint density at radius 3 is 2.68 bits per heavy atom. The molecule has 5 rings (SSSR count). The van der Waals surface area contributed by atoms with Crippen molar-refractivity contribution in [1.82, 2.24) is 14.5 Å². The molecule has 2 aromatic heterocycles. The molecule has 138 valence electrons. The molecule has 0 unspecified atom stereocenters. The van der Waals surface area contributed by atoms with E-state index in [0.29, 0.717) is 22.4 Å². The molecule has 0 radical (unpaired) electrons. The summed E-state index contributed by atoms with van der Waals surface area (Å²) in [5.41, 5.74) is 3.07. The van der Waals surface area contributed by atoms with E-state index in [-0.39, 0.29) is 5.69 Å². The van der Waals surface area contributed by atoms with Gasteiger partial charge in [0, 0.05) is 11.6 Å². The standard InChI is InChI=1S/C22H17ClN4O/c23-18-5-1-2-6-19(18)27-20-12-15(14-7-8-14)9-10-17(20)21(26-22(27)28)25-16-4-3-11-24-13-16/h1-6,9-14H,7-8H2,(H,25,26,28). The van der Waals surface area contributed by atoms with Gasteiger partial charge in [-0.1, -0.05) is 29.8 Å². The number of halogens is 1. The molecule has 6 heteroatoms. The first-order valence-corrected chi connectivity index (χ1v) is 9.57. The van der Waals surface area contributed by atoms with E-state index < -0.39 is 0 Å². The summed E-state index contributed by atoms with van der Waals surface area (Å²) < 4.78 is 1.60. The maximum absolute atomic E-state index is 13.0. The molecule has 1 saturated carbocycles. The largest absolute Gasteiger partial charge is 0.354 e. The highest BCUT2D eigenvalue weighted by Gasteiger charge is 2.25. The molecule has 1 aliphatic rings. The summed E-state index contributed by atoms with van der Waals surface area (Å²) in [4.78, 5) is 21.5. The molecule has 28 heavy (non-hydrogen) atoms. The minimum Gasteiger partial charge on any atom is -0.338 e. The third-order valence-electron chi connectivity index (χ3n) is 4.98. The van der Waals surface area contributed by atoms with Gasteiger partial charge in [-0.2, -0.15) is 4.98 Å². The molecule has 0 aliphatic heterocycles. The smallest absolute Gasteiger partial charge is 0.338 e. The fraction of sp³-hybridized carbons (Fsp3) is 0.136. The van der Waals surface area contributed by atoms with Crippen molar-refractivity contribution in [2.75, 3.05) is 5.32 Å². The summed E-state index contributed by atoms with van der Waals surface area (Å²) >= 11 is 6.40. The van der Waals surface area contributed by atoms with Crippen LogP contribution in [0, 0.1) is 0 Å². The topological polar surface area (TPSA) is 59.8 Å². The molecule has 5 nitrogen and oxygen atoms in total. The SMILES string of the molecule is O=c1nc(Nc2cccnc2)c2ccc(C3CC3)cc2n1-c1ccccc1Cl. The molecule has 0 amide bonds. The van der Waals surface area contributed by atoms with Crippen LogP contribution in [0.25, 0.3) is 16.6 Å². The van der Waals surface area contributed by atoms with Crippen molar-refractivity contribution in [3.8, 4) is 5.69 Å². The van der Waals surface area contributed by atoms with Crippen LogP contribution in [0.2, 0.25) is 5.02 Å². The van der Waals surface area contributed by atoms with Gasteiger partial charge >= 0.3 is 5.69 Å². The average Bonchev–Trinajstić information content (AvgIpc) is 3.55. The normalized spacial score (nSPS) is 13.6. The highest BCUT2D eigenvalue weighted by molar-refractivity contribution is 6.32. The van der Waals surface area contributed by atoms with Crippen molar-refractivity contribution in [2.24, 2.45) is 0 Å². The third kappa shape index (κ3) is 3.04. The maximum atomic E-state index is 13.0. The van der Waals surface area contributed by atoms with Gasteiger partial charge in [-0.3, -0.25) is 9.55 Å². The number of rotatable bonds is 4. The first-order valence-electron chi connectivity index (χ1n) is 9.19. The minimum absolute atomic E-state index is 0.375. The Bertz CT molecular complexity index is 1230. The van der Waals surface area contributed by atoms with Gasteiger partial charge in [-0.15, -0.1) is 0 Å². The molecule has 1 fully saturated rings. The van der Waals surface area contributed by atoms with Gasteiger partial charge in [0.05, 0.1) is 28.1 Å². The lowest BCUT2D eigenvalue weighted by atomic mass is 10.1. The Morgan fingerprint density at radius 2 is 1.93 bits per heavy atom. The highest BCUT2D eigenvalue weighted by Crippen LogP contribution is 2.41. The Balaban J connectivity index is 1.77. The Kier molecular flexibility index (Phi) is 4.10. The predicted octanol–water partition coefficient (Wildman–Crippen LogP) is 5.06. The Hall–Kier alpha value is -3.18. The summed E-state index contributed by atoms with van der Waals surface area (Å²) in [6, 6.07) is 17.3. The van der Waals surface area contributed by atoms with Crippen LogP contribution in [0.1, 0.15) is 24.3 Å². The number of hydrogen-bond acceptors (Lipinski definition) is 4. The number of para-hydroxylation sites is 1. The maximum Gasteiger partial charge on any atom is 0.354 e. The summed E-state index contributed by atoms with van der Waals surface area (Å²) in [6.07, 6.45) is 5.78. The van der Waals surface area contributed by atoms with Crippen LogP contribution < -0.4 is 11.0 Å². The van der Waals surface area contributed by atoms with E-state index >= 15 is 0 Å². The van der Waals surface area contributed by atoms with E-state index in [1.165, 1.54) is 18.4 Å². The van der Waals surface area contributed by atoms with Gasteiger partial charge in [0.1, 0.15) is 5.82 Å². The van der Waals surface area contributed by atoms with Crippen molar-refractivity contribution >= 4 is 34.0 Å². The lowest BCUT2D eigenvalue weighted by Gasteiger charge is -2.15. The number of anilines is 2. The van der Waals surface area contributed by atoms with Gasteiger partial charge < -0.3 is 5.32 Å². The van der Waals surface area contributed by atoms with E-state index in [1.807, 2.05) is 36.4 Å². The molecule has 1 aliphatic carbocycles. The molecule has 2 aromatic carbocycles. The zero-order chi connectivity index (χ0) is 19.1. The highest BCUT2D eigenvalue weighted by atomic mass is 35.5. The number of nitrogens with one attached hydrogen (secondary N) is 1. The van der Waals surface area contributed by atoms with Crippen LogP contribution >= 0.6 is 11.6 Å². The third-order valence-corrected chi connectivity index (χ3v) is 5.30. The molecule has 4 aromatic rings.